The average molecular weight is 172 g/mol. The predicted octanol–water partition coefficient (Wildman–Crippen LogP) is 1.79. The van der Waals surface area contributed by atoms with Crippen LogP contribution >= 0.6 is 0 Å². The van der Waals surface area contributed by atoms with E-state index in [0.717, 1.165) is 13.0 Å². The largest absolute Gasteiger partial charge is 0.328 e. The van der Waals surface area contributed by atoms with Crippen LogP contribution in [0, 0.1) is 0 Å². The summed E-state index contributed by atoms with van der Waals surface area (Å²) in [7, 11) is 3.67. The van der Waals surface area contributed by atoms with E-state index < -0.39 is 0 Å². The molecule has 3 heteroatoms. The Labute approximate surface area is 75.3 Å². The fourth-order valence-corrected chi connectivity index (χ4v) is 0.867. The summed E-state index contributed by atoms with van der Waals surface area (Å²) in [5.74, 6) is 0. The standard InChI is InChI=1S/C9H20N2O/c1-6-8(3)11(5)9(12)10(4)7-2/h8H,6-7H2,1-5H3. The van der Waals surface area contributed by atoms with Crippen LogP contribution in [0.1, 0.15) is 27.2 Å². The van der Waals surface area contributed by atoms with Gasteiger partial charge in [-0.1, -0.05) is 6.92 Å². The smallest absolute Gasteiger partial charge is 0.319 e. The quantitative estimate of drug-likeness (QED) is 0.636. The van der Waals surface area contributed by atoms with Crippen LogP contribution in [0.4, 0.5) is 4.79 Å². The zero-order valence-electron chi connectivity index (χ0n) is 8.79. The summed E-state index contributed by atoms with van der Waals surface area (Å²) in [6, 6.07) is 0.429. The van der Waals surface area contributed by atoms with Crippen molar-refractivity contribution in [1.29, 1.82) is 0 Å². The van der Waals surface area contributed by atoms with Gasteiger partial charge in [-0.3, -0.25) is 0 Å². The molecule has 12 heavy (non-hydrogen) atoms. The summed E-state index contributed by atoms with van der Waals surface area (Å²) >= 11 is 0. The Bertz CT molecular complexity index is 147. The molecular formula is C9H20N2O. The lowest BCUT2D eigenvalue weighted by molar-refractivity contribution is 0.160. The molecule has 0 aliphatic carbocycles. The Morgan fingerprint density at radius 3 is 2.17 bits per heavy atom. The van der Waals surface area contributed by atoms with Crippen molar-refractivity contribution in [2.24, 2.45) is 0 Å². The molecule has 0 fully saturated rings. The number of carbonyl (C=O) groups excluding carboxylic acids is 1. The normalized spacial score (nSPS) is 12.4. The highest BCUT2D eigenvalue weighted by atomic mass is 16.2. The number of urea groups is 1. The molecule has 0 radical (unpaired) electrons. The van der Waals surface area contributed by atoms with Gasteiger partial charge in [-0.2, -0.15) is 0 Å². The number of rotatable bonds is 3. The van der Waals surface area contributed by atoms with Crippen LogP contribution in [-0.2, 0) is 0 Å². The van der Waals surface area contributed by atoms with Gasteiger partial charge in [-0.15, -0.1) is 0 Å². The van der Waals surface area contributed by atoms with Crippen molar-refractivity contribution in [2.75, 3.05) is 20.6 Å². The summed E-state index contributed by atoms with van der Waals surface area (Å²) < 4.78 is 0. The van der Waals surface area contributed by atoms with Gasteiger partial charge < -0.3 is 9.80 Å². The molecule has 0 rings (SSSR count). The maximum Gasteiger partial charge on any atom is 0.319 e. The Morgan fingerprint density at radius 1 is 1.33 bits per heavy atom. The number of amides is 2. The van der Waals surface area contributed by atoms with Gasteiger partial charge in [0.1, 0.15) is 0 Å². The monoisotopic (exact) mass is 172 g/mol. The minimum Gasteiger partial charge on any atom is -0.328 e. The van der Waals surface area contributed by atoms with Gasteiger partial charge >= 0.3 is 6.03 Å². The number of nitrogens with zero attached hydrogens (tertiary/aromatic N) is 2. The molecule has 0 N–H and O–H groups in total. The molecule has 0 heterocycles. The first kappa shape index (κ1) is 11.3. The molecule has 0 saturated heterocycles. The van der Waals surface area contributed by atoms with E-state index >= 15 is 0 Å². The second-order valence-corrected chi connectivity index (χ2v) is 3.16. The zero-order chi connectivity index (χ0) is 9.72. The van der Waals surface area contributed by atoms with Gasteiger partial charge in [0.2, 0.25) is 0 Å². The maximum atomic E-state index is 11.5. The molecule has 0 aromatic rings. The van der Waals surface area contributed by atoms with Crippen LogP contribution in [0.2, 0.25) is 0 Å². The molecule has 0 spiro atoms. The molecule has 0 aliphatic rings. The van der Waals surface area contributed by atoms with Gasteiger partial charge in [-0.25, -0.2) is 4.79 Å². The molecule has 0 bridgehead atoms. The van der Waals surface area contributed by atoms with Crippen molar-refractivity contribution in [3.63, 3.8) is 0 Å². The molecule has 0 aromatic carbocycles. The van der Waals surface area contributed by atoms with Crippen LogP contribution in [-0.4, -0.2) is 42.5 Å². The van der Waals surface area contributed by atoms with Crippen molar-refractivity contribution in [3.05, 3.63) is 0 Å². The summed E-state index contributed by atoms with van der Waals surface area (Å²) in [5, 5.41) is 0. The van der Waals surface area contributed by atoms with E-state index in [4.69, 9.17) is 0 Å². The van der Waals surface area contributed by atoms with Crippen LogP contribution < -0.4 is 0 Å². The Balaban J connectivity index is 4.09. The molecule has 0 saturated carbocycles. The Hall–Kier alpha value is -0.730. The SMILES string of the molecule is CCC(C)N(C)C(=O)N(C)CC. The van der Waals surface area contributed by atoms with E-state index in [1.54, 1.807) is 9.80 Å². The van der Waals surface area contributed by atoms with Gasteiger partial charge in [0.05, 0.1) is 0 Å². The van der Waals surface area contributed by atoms with Crippen molar-refractivity contribution in [1.82, 2.24) is 9.80 Å². The molecular weight excluding hydrogens is 152 g/mol. The maximum absolute atomic E-state index is 11.5. The summed E-state index contributed by atoms with van der Waals surface area (Å²) in [5.41, 5.74) is 0. The fraction of sp³-hybridized carbons (Fsp3) is 0.889. The second kappa shape index (κ2) is 5.01. The fourth-order valence-electron chi connectivity index (χ4n) is 0.867. The van der Waals surface area contributed by atoms with Crippen molar-refractivity contribution >= 4 is 6.03 Å². The van der Waals surface area contributed by atoms with Gasteiger partial charge in [0.15, 0.2) is 0 Å². The lowest BCUT2D eigenvalue weighted by Crippen LogP contribution is -2.42. The van der Waals surface area contributed by atoms with Crippen molar-refractivity contribution in [2.45, 2.75) is 33.2 Å². The highest BCUT2D eigenvalue weighted by Gasteiger charge is 2.16. The molecule has 1 unspecified atom stereocenters. The molecule has 3 nitrogen and oxygen atoms in total. The topological polar surface area (TPSA) is 23.6 Å². The van der Waals surface area contributed by atoms with E-state index in [1.165, 1.54) is 0 Å². The van der Waals surface area contributed by atoms with Crippen LogP contribution in [0.25, 0.3) is 0 Å². The Morgan fingerprint density at radius 2 is 1.83 bits per heavy atom. The third-order valence-electron chi connectivity index (χ3n) is 2.35. The third-order valence-corrected chi connectivity index (χ3v) is 2.35. The van der Waals surface area contributed by atoms with Crippen molar-refractivity contribution in [3.8, 4) is 0 Å². The minimum atomic E-state index is 0.104. The first-order chi connectivity index (χ1) is 5.54. The first-order valence-corrected chi connectivity index (χ1v) is 4.52. The molecule has 1 atom stereocenters. The minimum absolute atomic E-state index is 0.104. The predicted molar refractivity (Wildman–Crippen MR) is 51.2 cm³/mol. The van der Waals surface area contributed by atoms with E-state index in [1.807, 2.05) is 21.0 Å². The average Bonchev–Trinajstić information content (AvgIpc) is 2.12. The molecule has 0 aliphatic heterocycles. The van der Waals surface area contributed by atoms with Gasteiger partial charge in [0, 0.05) is 26.7 Å². The molecule has 2 amide bonds. The van der Waals surface area contributed by atoms with Crippen molar-refractivity contribution < 1.29 is 4.79 Å². The highest BCUT2D eigenvalue weighted by Crippen LogP contribution is 2.03. The first-order valence-electron chi connectivity index (χ1n) is 4.52. The lowest BCUT2D eigenvalue weighted by atomic mass is 10.2. The van der Waals surface area contributed by atoms with Gasteiger partial charge in [0.25, 0.3) is 0 Å². The summed E-state index contributed by atoms with van der Waals surface area (Å²) in [6.07, 6.45) is 1.000. The van der Waals surface area contributed by atoms with E-state index in [-0.39, 0.29) is 6.03 Å². The van der Waals surface area contributed by atoms with Gasteiger partial charge in [-0.05, 0) is 20.3 Å². The number of hydrogen-bond acceptors (Lipinski definition) is 1. The van der Waals surface area contributed by atoms with E-state index in [2.05, 4.69) is 13.8 Å². The van der Waals surface area contributed by atoms with Crippen LogP contribution in [0.3, 0.4) is 0 Å². The summed E-state index contributed by atoms with van der Waals surface area (Å²) in [4.78, 5) is 15.0. The zero-order valence-corrected chi connectivity index (χ0v) is 8.79. The highest BCUT2D eigenvalue weighted by molar-refractivity contribution is 5.74. The molecule has 72 valence electrons. The number of carbonyl (C=O) groups is 1. The van der Waals surface area contributed by atoms with E-state index in [0.29, 0.717) is 6.04 Å². The second-order valence-electron chi connectivity index (χ2n) is 3.16. The number of hydrogen-bond donors (Lipinski definition) is 0. The van der Waals surface area contributed by atoms with Crippen LogP contribution in [0.15, 0.2) is 0 Å². The van der Waals surface area contributed by atoms with Crippen LogP contribution in [0.5, 0.6) is 0 Å². The van der Waals surface area contributed by atoms with E-state index in [9.17, 15) is 4.79 Å². The lowest BCUT2D eigenvalue weighted by Gasteiger charge is -2.28. The Kier molecular flexibility index (Phi) is 4.71. The molecule has 0 aromatic heterocycles. The third kappa shape index (κ3) is 2.72. The summed E-state index contributed by atoms with van der Waals surface area (Å²) in [6.45, 7) is 6.88.